The van der Waals surface area contributed by atoms with Gasteiger partial charge in [0.2, 0.25) is 0 Å². The van der Waals surface area contributed by atoms with Crippen LogP contribution in [0.3, 0.4) is 0 Å². The van der Waals surface area contributed by atoms with Gasteiger partial charge in [-0.15, -0.1) is 0 Å². The fourth-order valence-corrected chi connectivity index (χ4v) is 1.87. The van der Waals surface area contributed by atoms with Crippen LogP contribution < -0.4 is 10.2 Å². The predicted octanol–water partition coefficient (Wildman–Crippen LogP) is 0.777. The van der Waals surface area contributed by atoms with Gasteiger partial charge in [-0.05, 0) is 25.2 Å². The van der Waals surface area contributed by atoms with Crippen molar-refractivity contribution >= 4 is 11.6 Å². The summed E-state index contributed by atoms with van der Waals surface area (Å²) in [5.41, 5.74) is 0.583. The molecule has 1 heterocycles. The van der Waals surface area contributed by atoms with Crippen LogP contribution >= 0.6 is 0 Å². The number of anilines is 1. The fourth-order valence-electron chi connectivity index (χ4n) is 1.87. The van der Waals surface area contributed by atoms with Crippen LogP contribution in [-0.2, 0) is 9.53 Å². The van der Waals surface area contributed by atoms with E-state index in [4.69, 9.17) is 4.74 Å². The van der Waals surface area contributed by atoms with Crippen molar-refractivity contribution in [1.29, 1.82) is 0 Å². The van der Waals surface area contributed by atoms with Gasteiger partial charge in [-0.1, -0.05) is 6.07 Å². The van der Waals surface area contributed by atoms with E-state index in [2.05, 4.69) is 5.32 Å². The van der Waals surface area contributed by atoms with Gasteiger partial charge in [0.1, 0.15) is 11.9 Å². The molecular weight excluding hydrogens is 223 g/mol. The minimum Gasteiger partial charge on any atom is -0.365 e. The molecule has 1 fully saturated rings. The van der Waals surface area contributed by atoms with Gasteiger partial charge < -0.3 is 15.0 Å². The molecule has 1 amide bonds. The van der Waals surface area contributed by atoms with Gasteiger partial charge in [-0.3, -0.25) is 4.79 Å². The minimum absolute atomic E-state index is 0.129. The lowest BCUT2D eigenvalue weighted by Gasteiger charge is -2.32. The monoisotopic (exact) mass is 238 g/mol. The molecule has 1 aliphatic heterocycles. The second-order valence-electron chi connectivity index (χ2n) is 3.89. The van der Waals surface area contributed by atoms with E-state index < -0.39 is 6.10 Å². The average Bonchev–Trinajstić information content (AvgIpc) is 2.32. The second kappa shape index (κ2) is 5.25. The molecule has 0 radical (unpaired) electrons. The number of morpholine rings is 1. The average molecular weight is 238 g/mol. The van der Waals surface area contributed by atoms with Gasteiger partial charge in [-0.25, -0.2) is 4.39 Å². The lowest BCUT2D eigenvalue weighted by Crippen LogP contribution is -2.51. The number of hydrogen-bond acceptors (Lipinski definition) is 3. The Labute approximate surface area is 99.4 Å². The van der Waals surface area contributed by atoms with E-state index in [0.717, 1.165) is 0 Å². The maximum absolute atomic E-state index is 13.1. The molecule has 1 aliphatic rings. The Morgan fingerprint density at radius 2 is 2.41 bits per heavy atom. The molecule has 92 valence electrons. The summed E-state index contributed by atoms with van der Waals surface area (Å²) in [6.07, 6.45) is -0.489. The SMILES string of the molecule is CNCC1OCCN(c2cccc(F)c2)C1=O. The summed E-state index contributed by atoms with van der Waals surface area (Å²) in [6, 6.07) is 6.04. The van der Waals surface area contributed by atoms with Crippen molar-refractivity contribution in [2.45, 2.75) is 6.10 Å². The predicted molar refractivity (Wildman–Crippen MR) is 62.4 cm³/mol. The smallest absolute Gasteiger partial charge is 0.257 e. The van der Waals surface area contributed by atoms with Gasteiger partial charge >= 0.3 is 0 Å². The van der Waals surface area contributed by atoms with Crippen molar-refractivity contribution in [3.8, 4) is 0 Å². The van der Waals surface area contributed by atoms with E-state index in [1.54, 1.807) is 24.1 Å². The van der Waals surface area contributed by atoms with E-state index in [-0.39, 0.29) is 11.7 Å². The molecule has 0 spiro atoms. The van der Waals surface area contributed by atoms with E-state index in [1.165, 1.54) is 12.1 Å². The molecule has 0 aliphatic carbocycles. The third kappa shape index (κ3) is 2.62. The molecule has 5 heteroatoms. The highest BCUT2D eigenvalue weighted by Gasteiger charge is 2.29. The zero-order chi connectivity index (χ0) is 12.3. The van der Waals surface area contributed by atoms with Crippen LogP contribution in [0.5, 0.6) is 0 Å². The maximum Gasteiger partial charge on any atom is 0.257 e. The van der Waals surface area contributed by atoms with Gasteiger partial charge in [0.15, 0.2) is 0 Å². The standard InChI is InChI=1S/C12H15FN2O2/c1-14-8-11-12(16)15(5-6-17-11)10-4-2-3-9(13)7-10/h2-4,7,11,14H,5-6,8H2,1H3. The normalized spacial score (nSPS) is 20.7. The van der Waals surface area contributed by atoms with E-state index in [9.17, 15) is 9.18 Å². The van der Waals surface area contributed by atoms with Crippen LogP contribution in [0.2, 0.25) is 0 Å². The molecule has 1 aromatic rings. The highest BCUT2D eigenvalue weighted by Crippen LogP contribution is 2.19. The summed E-state index contributed by atoms with van der Waals surface area (Å²) < 4.78 is 18.5. The number of carbonyl (C=O) groups excluding carboxylic acids is 1. The highest BCUT2D eigenvalue weighted by molar-refractivity contribution is 5.97. The van der Waals surface area contributed by atoms with Crippen molar-refractivity contribution in [2.24, 2.45) is 0 Å². The van der Waals surface area contributed by atoms with Crippen LogP contribution in [0.4, 0.5) is 10.1 Å². The first-order valence-corrected chi connectivity index (χ1v) is 5.55. The second-order valence-corrected chi connectivity index (χ2v) is 3.89. The molecule has 1 unspecified atom stereocenters. The first-order valence-electron chi connectivity index (χ1n) is 5.55. The maximum atomic E-state index is 13.1. The van der Waals surface area contributed by atoms with Crippen LogP contribution in [0, 0.1) is 5.82 Å². The van der Waals surface area contributed by atoms with Crippen molar-refractivity contribution in [3.05, 3.63) is 30.1 Å². The topological polar surface area (TPSA) is 41.6 Å². The van der Waals surface area contributed by atoms with Gasteiger partial charge in [0.05, 0.1) is 6.61 Å². The molecular formula is C12H15FN2O2. The Morgan fingerprint density at radius 3 is 3.12 bits per heavy atom. The molecule has 1 aromatic carbocycles. The van der Waals surface area contributed by atoms with Crippen LogP contribution in [0.15, 0.2) is 24.3 Å². The number of ether oxygens (including phenoxy) is 1. The van der Waals surface area contributed by atoms with Crippen LogP contribution in [-0.4, -0.2) is 38.8 Å². The van der Waals surface area contributed by atoms with E-state index in [1.807, 2.05) is 0 Å². The first kappa shape index (κ1) is 12.0. The number of amides is 1. The largest absolute Gasteiger partial charge is 0.365 e. The Bertz CT molecular complexity index is 409. The zero-order valence-electron chi connectivity index (χ0n) is 9.65. The summed E-state index contributed by atoms with van der Waals surface area (Å²) in [4.78, 5) is 13.6. The summed E-state index contributed by atoms with van der Waals surface area (Å²) >= 11 is 0. The van der Waals surface area contributed by atoms with Crippen molar-refractivity contribution in [2.75, 3.05) is 31.6 Å². The summed E-state index contributed by atoms with van der Waals surface area (Å²) in [7, 11) is 1.76. The molecule has 4 nitrogen and oxygen atoms in total. The number of benzene rings is 1. The quantitative estimate of drug-likeness (QED) is 0.846. The van der Waals surface area contributed by atoms with Gasteiger partial charge in [0, 0.05) is 18.8 Å². The summed E-state index contributed by atoms with van der Waals surface area (Å²) in [6.45, 7) is 1.39. The molecule has 1 atom stereocenters. The number of nitrogens with one attached hydrogen (secondary N) is 1. The molecule has 1 saturated heterocycles. The number of hydrogen-bond donors (Lipinski definition) is 1. The zero-order valence-corrected chi connectivity index (χ0v) is 9.65. The molecule has 2 rings (SSSR count). The van der Waals surface area contributed by atoms with Crippen LogP contribution in [0.25, 0.3) is 0 Å². The number of halogens is 1. The summed E-state index contributed by atoms with van der Waals surface area (Å²) in [5.74, 6) is -0.469. The molecule has 17 heavy (non-hydrogen) atoms. The Kier molecular flexibility index (Phi) is 3.71. The number of nitrogens with zero attached hydrogens (tertiary/aromatic N) is 1. The molecule has 0 aromatic heterocycles. The molecule has 0 bridgehead atoms. The molecule has 0 saturated carbocycles. The van der Waals surface area contributed by atoms with Crippen molar-refractivity contribution in [1.82, 2.24) is 5.32 Å². The Balaban J connectivity index is 2.17. The molecule has 1 N–H and O–H groups in total. The third-order valence-electron chi connectivity index (χ3n) is 2.68. The van der Waals surface area contributed by atoms with Crippen LogP contribution in [0.1, 0.15) is 0 Å². The highest BCUT2D eigenvalue weighted by atomic mass is 19.1. The Morgan fingerprint density at radius 1 is 1.59 bits per heavy atom. The minimum atomic E-state index is -0.489. The summed E-state index contributed by atoms with van der Waals surface area (Å²) in [5, 5.41) is 2.90. The number of likely N-dealkylation sites (N-methyl/N-ethyl adjacent to an activating group) is 1. The number of rotatable bonds is 3. The van der Waals surface area contributed by atoms with Gasteiger partial charge in [0.25, 0.3) is 5.91 Å². The first-order chi connectivity index (χ1) is 8.22. The van der Waals surface area contributed by atoms with E-state index >= 15 is 0 Å². The lowest BCUT2D eigenvalue weighted by molar-refractivity contribution is -0.133. The lowest BCUT2D eigenvalue weighted by atomic mass is 10.2. The number of carbonyl (C=O) groups is 1. The Hall–Kier alpha value is -1.46. The third-order valence-corrected chi connectivity index (χ3v) is 2.68. The van der Waals surface area contributed by atoms with E-state index in [0.29, 0.717) is 25.4 Å². The van der Waals surface area contributed by atoms with Gasteiger partial charge in [-0.2, -0.15) is 0 Å². The van der Waals surface area contributed by atoms with Crippen molar-refractivity contribution < 1.29 is 13.9 Å². The fraction of sp³-hybridized carbons (Fsp3) is 0.417. The van der Waals surface area contributed by atoms with Crippen molar-refractivity contribution in [3.63, 3.8) is 0 Å².